The number of para-hydroxylation sites is 1. The van der Waals surface area contributed by atoms with E-state index in [-0.39, 0.29) is 23.2 Å². The van der Waals surface area contributed by atoms with Crippen LogP contribution in [0.1, 0.15) is 16.7 Å². The zero-order valence-corrected chi connectivity index (χ0v) is 16.5. The Balaban J connectivity index is 2.01. The van der Waals surface area contributed by atoms with Crippen LogP contribution in [0.5, 0.6) is 0 Å². The van der Waals surface area contributed by atoms with Crippen LogP contribution in [-0.2, 0) is 9.59 Å². The molecule has 2 amide bonds. The summed E-state index contributed by atoms with van der Waals surface area (Å²) in [6.45, 7) is 3.66. The fourth-order valence-corrected chi connectivity index (χ4v) is 2.74. The molecule has 0 spiro atoms. The van der Waals surface area contributed by atoms with E-state index < -0.39 is 10.8 Å². The van der Waals surface area contributed by atoms with Gasteiger partial charge in [0.1, 0.15) is 5.02 Å². The Bertz CT molecular complexity index is 936. The number of carbonyl (C=O) groups excluding carboxylic acids is 2. The van der Waals surface area contributed by atoms with Crippen molar-refractivity contribution in [2.75, 3.05) is 18.9 Å². The molecule has 0 aliphatic carbocycles. The molecule has 7 nitrogen and oxygen atoms in total. The molecule has 2 aromatic rings. The summed E-state index contributed by atoms with van der Waals surface area (Å²) < 4.78 is 0. The van der Waals surface area contributed by atoms with E-state index in [9.17, 15) is 19.7 Å². The number of aryl methyl sites for hydroxylation is 2. The van der Waals surface area contributed by atoms with Crippen LogP contribution in [0.2, 0.25) is 5.02 Å². The van der Waals surface area contributed by atoms with Crippen molar-refractivity contribution in [2.45, 2.75) is 13.8 Å². The van der Waals surface area contributed by atoms with Gasteiger partial charge in [0.15, 0.2) is 0 Å². The number of nitrogens with zero attached hydrogens (tertiary/aromatic N) is 2. The molecule has 0 aliphatic heterocycles. The van der Waals surface area contributed by atoms with Gasteiger partial charge < -0.3 is 10.2 Å². The van der Waals surface area contributed by atoms with Gasteiger partial charge in [0.25, 0.3) is 5.69 Å². The van der Waals surface area contributed by atoms with Crippen molar-refractivity contribution in [3.63, 3.8) is 0 Å². The molecular weight excluding hydrogens is 382 g/mol. The van der Waals surface area contributed by atoms with Crippen LogP contribution in [0.4, 0.5) is 11.4 Å². The molecule has 146 valence electrons. The van der Waals surface area contributed by atoms with Gasteiger partial charge in [-0.25, -0.2) is 0 Å². The summed E-state index contributed by atoms with van der Waals surface area (Å²) >= 11 is 5.76. The second kappa shape index (κ2) is 9.14. The fraction of sp³-hybridized carbons (Fsp3) is 0.200. The molecular formula is C20H20ClN3O4. The summed E-state index contributed by atoms with van der Waals surface area (Å²) in [6, 6.07) is 9.93. The van der Waals surface area contributed by atoms with Gasteiger partial charge in [-0.15, -0.1) is 0 Å². The van der Waals surface area contributed by atoms with E-state index in [1.54, 1.807) is 6.07 Å². The lowest BCUT2D eigenvalue weighted by Crippen LogP contribution is -2.34. The van der Waals surface area contributed by atoms with Gasteiger partial charge in [0.05, 0.1) is 11.5 Å². The van der Waals surface area contributed by atoms with Gasteiger partial charge in [0, 0.05) is 24.9 Å². The minimum absolute atomic E-state index is 0.0220. The monoisotopic (exact) mass is 401 g/mol. The van der Waals surface area contributed by atoms with Gasteiger partial charge in [-0.3, -0.25) is 19.7 Å². The van der Waals surface area contributed by atoms with Crippen molar-refractivity contribution in [1.82, 2.24) is 4.90 Å². The van der Waals surface area contributed by atoms with Crippen LogP contribution in [0.25, 0.3) is 6.08 Å². The third-order valence-corrected chi connectivity index (χ3v) is 4.41. The Kier molecular flexibility index (Phi) is 6.89. The normalized spacial score (nSPS) is 10.7. The highest BCUT2D eigenvalue weighted by Gasteiger charge is 2.14. The number of nitro groups is 1. The Morgan fingerprint density at radius 3 is 2.46 bits per heavy atom. The van der Waals surface area contributed by atoms with Crippen molar-refractivity contribution in [1.29, 1.82) is 0 Å². The molecule has 1 N–H and O–H groups in total. The molecule has 0 atom stereocenters. The molecule has 28 heavy (non-hydrogen) atoms. The Morgan fingerprint density at radius 1 is 1.21 bits per heavy atom. The highest BCUT2D eigenvalue weighted by molar-refractivity contribution is 6.32. The summed E-state index contributed by atoms with van der Waals surface area (Å²) in [7, 11) is 1.50. The molecule has 0 saturated heterocycles. The lowest BCUT2D eigenvalue weighted by molar-refractivity contribution is -0.384. The average Bonchev–Trinajstić information content (AvgIpc) is 2.63. The maximum Gasteiger partial charge on any atom is 0.288 e. The van der Waals surface area contributed by atoms with Crippen LogP contribution >= 0.6 is 11.6 Å². The van der Waals surface area contributed by atoms with Crippen molar-refractivity contribution in [3.05, 3.63) is 74.3 Å². The first-order chi connectivity index (χ1) is 13.2. The molecule has 0 radical (unpaired) electrons. The summed E-state index contributed by atoms with van der Waals surface area (Å²) in [6.07, 6.45) is 2.69. The van der Waals surface area contributed by atoms with E-state index in [0.717, 1.165) is 16.8 Å². The first-order valence-corrected chi connectivity index (χ1v) is 8.80. The second-order valence-electron chi connectivity index (χ2n) is 6.31. The first-order valence-electron chi connectivity index (χ1n) is 8.42. The zero-order valence-electron chi connectivity index (χ0n) is 15.7. The van der Waals surface area contributed by atoms with E-state index in [1.165, 1.54) is 36.2 Å². The lowest BCUT2D eigenvalue weighted by atomic mass is 10.1. The molecule has 0 heterocycles. The van der Waals surface area contributed by atoms with Crippen LogP contribution in [-0.4, -0.2) is 35.2 Å². The largest absolute Gasteiger partial charge is 0.333 e. The Morgan fingerprint density at radius 2 is 1.86 bits per heavy atom. The molecule has 2 aromatic carbocycles. The number of anilines is 1. The second-order valence-corrected chi connectivity index (χ2v) is 6.72. The van der Waals surface area contributed by atoms with Crippen LogP contribution in [0.15, 0.2) is 42.5 Å². The average molecular weight is 402 g/mol. The maximum absolute atomic E-state index is 12.2. The van der Waals surface area contributed by atoms with Gasteiger partial charge in [-0.2, -0.15) is 0 Å². The van der Waals surface area contributed by atoms with Crippen LogP contribution < -0.4 is 5.32 Å². The third kappa shape index (κ3) is 5.40. The summed E-state index contributed by atoms with van der Waals surface area (Å²) in [5, 5.41) is 13.8. The van der Waals surface area contributed by atoms with Crippen LogP contribution in [0, 0.1) is 24.0 Å². The number of halogens is 1. The minimum atomic E-state index is -0.592. The smallest absolute Gasteiger partial charge is 0.288 e. The van der Waals surface area contributed by atoms with Crippen molar-refractivity contribution in [3.8, 4) is 0 Å². The molecule has 0 bridgehead atoms. The first kappa shape index (κ1) is 21.1. The lowest BCUT2D eigenvalue weighted by Gasteiger charge is -2.16. The van der Waals surface area contributed by atoms with Crippen LogP contribution in [0.3, 0.4) is 0 Å². The zero-order chi connectivity index (χ0) is 20.8. The predicted octanol–water partition coefficient (Wildman–Crippen LogP) is 3.98. The van der Waals surface area contributed by atoms with Crippen molar-refractivity contribution < 1.29 is 14.5 Å². The standard InChI is InChI=1S/C20H20ClN3O4/c1-13-5-4-6-14(2)20(13)22-18(25)12-23(3)19(26)10-8-15-7-9-16(21)17(11-15)24(27)28/h4-11H,12H2,1-3H3,(H,22,25)/b10-8+. The number of carbonyl (C=O) groups is 2. The molecule has 0 aliphatic rings. The van der Waals surface area contributed by atoms with Gasteiger partial charge in [-0.1, -0.05) is 35.9 Å². The Hall–Kier alpha value is -3.19. The number of hydrogen-bond acceptors (Lipinski definition) is 4. The molecule has 0 fully saturated rings. The predicted molar refractivity (Wildman–Crippen MR) is 109 cm³/mol. The van der Waals surface area contributed by atoms with Gasteiger partial charge in [0.2, 0.25) is 11.8 Å². The SMILES string of the molecule is Cc1cccc(C)c1NC(=O)CN(C)C(=O)/C=C/c1ccc(Cl)c([N+](=O)[O-])c1. The van der Waals surface area contributed by atoms with Crippen molar-refractivity contribution in [2.24, 2.45) is 0 Å². The number of rotatable bonds is 6. The number of likely N-dealkylation sites (N-methyl/N-ethyl adjacent to an activating group) is 1. The number of nitro benzene ring substituents is 1. The number of nitrogens with one attached hydrogen (secondary N) is 1. The molecule has 0 aromatic heterocycles. The topological polar surface area (TPSA) is 92.6 Å². The van der Waals surface area contributed by atoms with E-state index >= 15 is 0 Å². The maximum atomic E-state index is 12.2. The van der Waals surface area contributed by atoms with E-state index in [0.29, 0.717) is 5.56 Å². The summed E-state index contributed by atoms with van der Waals surface area (Å²) in [5.41, 5.74) is 2.82. The fourth-order valence-electron chi connectivity index (χ4n) is 2.55. The molecule has 8 heteroatoms. The molecule has 0 saturated carbocycles. The highest BCUT2D eigenvalue weighted by Crippen LogP contribution is 2.25. The van der Waals surface area contributed by atoms with E-state index in [2.05, 4.69) is 5.32 Å². The number of hydrogen-bond donors (Lipinski definition) is 1. The van der Waals surface area contributed by atoms with E-state index in [4.69, 9.17) is 11.6 Å². The summed E-state index contributed by atoms with van der Waals surface area (Å²) in [4.78, 5) is 36.0. The van der Waals surface area contributed by atoms with Gasteiger partial charge in [-0.05, 0) is 42.7 Å². The highest BCUT2D eigenvalue weighted by atomic mass is 35.5. The van der Waals surface area contributed by atoms with E-state index in [1.807, 2.05) is 32.0 Å². The number of amides is 2. The van der Waals surface area contributed by atoms with Gasteiger partial charge >= 0.3 is 0 Å². The molecule has 0 unspecified atom stereocenters. The quantitative estimate of drug-likeness (QED) is 0.450. The van der Waals surface area contributed by atoms with Crippen molar-refractivity contribution >= 4 is 40.9 Å². The Labute approximate surface area is 167 Å². The summed E-state index contributed by atoms with van der Waals surface area (Å²) in [5.74, 6) is -0.724. The third-order valence-electron chi connectivity index (χ3n) is 4.09. The number of benzene rings is 2. The molecule has 2 rings (SSSR count). The minimum Gasteiger partial charge on any atom is -0.333 e.